The lowest BCUT2D eigenvalue weighted by Crippen LogP contribution is -2.56. The van der Waals surface area contributed by atoms with Crippen molar-refractivity contribution in [2.45, 2.75) is 16.9 Å². The molecule has 0 saturated heterocycles. The predicted molar refractivity (Wildman–Crippen MR) is 119 cm³/mol. The summed E-state index contributed by atoms with van der Waals surface area (Å²) in [4.78, 5) is 12.5. The number of alkyl halides is 3. The van der Waals surface area contributed by atoms with Crippen molar-refractivity contribution in [2.24, 2.45) is 0 Å². The zero-order valence-electron chi connectivity index (χ0n) is 13.8. The highest BCUT2D eigenvalue weighted by atomic mass is 35.6. The molecule has 3 N–H and O–H groups in total. The average Bonchev–Trinajstić information content (AvgIpc) is 2.57. The fraction of sp³-hybridized carbons (Fsp3) is 0.176. The number of carbonyl (C=O) groups is 1. The Balaban J connectivity index is 2.10. The number of anilines is 1. The minimum absolute atomic E-state index is 0.120. The maximum atomic E-state index is 12.5. The van der Waals surface area contributed by atoms with Gasteiger partial charge in [-0.05, 0) is 49.0 Å². The molecule has 1 unspecified atom stereocenters. The van der Waals surface area contributed by atoms with E-state index in [1.54, 1.807) is 30.3 Å². The van der Waals surface area contributed by atoms with Crippen molar-refractivity contribution in [3.05, 3.63) is 63.6 Å². The fourth-order valence-electron chi connectivity index (χ4n) is 2.11. The Labute approximate surface area is 187 Å². The van der Waals surface area contributed by atoms with Crippen LogP contribution >= 0.6 is 70.2 Å². The number of amides is 1. The van der Waals surface area contributed by atoms with Gasteiger partial charge in [0.25, 0.3) is 5.91 Å². The van der Waals surface area contributed by atoms with Gasteiger partial charge in [-0.25, -0.2) is 0 Å². The number of thiocarbonyl (C=S) groups is 1. The first-order valence-corrected chi connectivity index (χ1v) is 9.83. The zero-order valence-corrected chi connectivity index (χ0v) is 18.4. The summed E-state index contributed by atoms with van der Waals surface area (Å²) in [7, 11) is 0. The SMILES string of the molecule is Cc1ccccc1C(=O)NC(NC(=S)Nc1ccc(Cl)c(Cl)c1)C(Cl)(Cl)Cl. The third-order valence-corrected chi connectivity index (χ3v) is 5.06. The lowest BCUT2D eigenvalue weighted by molar-refractivity contribution is 0.0934. The second kappa shape index (κ2) is 9.50. The minimum Gasteiger partial charge on any atom is -0.339 e. The maximum Gasteiger partial charge on any atom is 0.253 e. The van der Waals surface area contributed by atoms with Gasteiger partial charge in [0.15, 0.2) is 5.11 Å². The summed E-state index contributed by atoms with van der Waals surface area (Å²) in [6.07, 6.45) is -1.09. The lowest BCUT2D eigenvalue weighted by atomic mass is 10.1. The molecule has 0 aliphatic rings. The van der Waals surface area contributed by atoms with Crippen LogP contribution in [-0.4, -0.2) is 21.0 Å². The molecule has 2 rings (SSSR count). The summed E-state index contributed by atoms with van der Waals surface area (Å²) in [6, 6.07) is 11.9. The third kappa shape index (κ3) is 6.56. The first kappa shape index (κ1) is 22.3. The third-order valence-electron chi connectivity index (χ3n) is 3.45. The lowest BCUT2D eigenvalue weighted by Gasteiger charge is -2.28. The van der Waals surface area contributed by atoms with Gasteiger partial charge in [0, 0.05) is 11.3 Å². The first-order chi connectivity index (χ1) is 12.6. The molecular weight excluding hydrogens is 472 g/mol. The molecule has 1 atom stereocenters. The molecule has 0 aliphatic carbocycles. The molecule has 0 radical (unpaired) electrons. The van der Waals surface area contributed by atoms with Gasteiger partial charge < -0.3 is 16.0 Å². The number of halogens is 5. The monoisotopic (exact) mass is 483 g/mol. The molecule has 0 saturated carbocycles. The van der Waals surface area contributed by atoms with E-state index in [0.29, 0.717) is 21.3 Å². The van der Waals surface area contributed by atoms with Gasteiger partial charge in [0.05, 0.1) is 10.0 Å². The molecule has 27 heavy (non-hydrogen) atoms. The van der Waals surface area contributed by atoms with Gasteiger partial charge in [-0.2, -0.15) is 0 Å². The summed E-state index contributed by atoms with van der Waals surface area (Å²) >= 11 is 35.1. The second-order valence-corrected chi connectivity index (χ2v) is 9.08. The topological polar surface area (TPSA) is 53.2 Å². The van der Waals surface area contributed by atoms with E-state index in [1.165, 1.54) is 0 Å². The first-order valence-electron chi connectivity index (χ1n) is 7.53. The zero-order chi connectivity index (χ0) is 20.2. The fourth-order valence-corrected chi connectivity index (χ4v) is 2.97. The summed E-state index contributed by atoms with van der Waals surface area (Å²) < 4.78 is -1.86. The number of hydrogen-bond acceptors (Lipinski definition) is 2. The number of hydrogen-bond donors (Lipinski definition) is 3. The van der Waals surface area contributed by atoms with Crippen molar-refractivity contribution in [1.29, 1.82) is 0 Å². The van der Waals surface area contributed by atoms with E-state index in [-0.39, 0.29) is 5.11 Å². The van der Waals surface area contributed by atoms with E-state index in [9.17, 15) is 4.79 Å². The molecule has 2 aromatic carbocycles. The van der Waals surface area contributed by atoms with Crippen molar-refractivity contribution in [3.63, 3.8) is 0 Å². The van der Waals surface area contributed by atoms with E-state index in [2.05, 4.69) is 16.0 Å². The van der Waals surface area contributed by atoms with Gasteiger partial charge in [0.1, 0.15) is 6.17 Å². The van der Waals surface area contributed by atoms with Crippen molar-refractivity contribution in [2.75, 3.05) is 5.32 Å². The molecule has 0 fully saturated rings. The highest BCUT2D eigenvalue weighted by Gasteiger charge is 2.35. The summed E-state index contributed by atoms with van der Waals surface area (Å²) in [5, 5.41) is 9.18. The standard InChI is InChI=1S/C17H14Cl5N3OS/c1-9-4-2-3-5-11(9)14(26)24-15(17(20,21)22)25-16(27)23-10-6-7-12(18)13(19)8-10/h2-8,15H,1H3,(H,24,26)(H2,23,25,27). The molecular formula is C17H14Cl5N3OS. The average molecular weight is 486 g/mol. The number of carbonyl (C=O) groups excluding carboxylic acids is 1. The molecule has 0 aliphatic heterocycles. The maximum absolute atomic E-state index is 12.5. The van der Waals surface area contributed by atoms with Crippen molar-refractivity contribution >= 4 is 86.9 Å². The Kier molecular flexibility index (Phi) is 7.86. The Morgan fingerprint density at radius 3 is 2.30 bits per heavy atom. The summed E-state index contributed by atoms with van der Waals surface area (Å²) in [5.41, 5.74) is 1.83. The largest absolute Gasteiger partial charge is 0.339 e. The van der Waals surface area contributed by atoms with Crippen molar-refractivity contribution < 1.29 is 4.79 Å². The molecule has 0 heterocycles. The van der Waals surface area contributed by atoms with Crippen LogP contribution in [0.3, 0.4) is 0 Å². The quantitative estimate of drug-likeness (QED) is 0.295. The van der Waals surface area contributed by atoms with Crippen LogP contribution in [0.2, 0.25) is 10.0 Å². The van der Waals surface area contributed by atoms with Gasteiger partial charge in [-0.1, -0.05) is 76.2 Å². The number of nitrogens with one attached hydrogen (secondary N) is 3. The smallest absolute Gasteiger partial charge is 0.253 e. The van der Waals surface area contributed by atoms with Gasteiger partial charge in [-0.3, -0.25) is 4.79 Å². The van der Waals surface area contributed by atoms with Crippen molar-refractivity contribution in [3.8, 4) is 0 Å². The van der Waals surface area contributed by atoms with Gasteiger partial charge in [-0.15, -0.1) is 0 Å². The Morgan fingerprint density at radius 2 is 1.70 bits per heavy atom. The second-order valence-electron chi connectivity index (χ2n) is 5.49. The molecule has 10 heteroatoms. The molecule has 144 valence electrons. The Hall–Kier alpha value is -0.950. The van der Waals surface area contributed by atoms with E-state index < -0.39 is 15.9 Å². The van der Waals surface area contributed by atoms with E-state index >= 15 is 0 Å². The van der Waals surface area contributed by atoms with E-state index in [4.69, 9.17) is 70.2 Å². The Bertz CT molecular complexity index is 857. The number of benzene rings is 2. The van der Waals surface area contributed by atoms with Crippen LogP contribution in [0.15, 0.2) is 42.5 Å². The summed E-state index contributed by atoms with van der Waals surface area (Å²) in [5.74, 6) is -0.408. The minimum atomic E-state index is -1.86. The summed E-state index contributed by atoms with van der Waals surface area (Å²) in [6.45, 7) is 1.81. The molecule has 0 aromatic heterocycles. The van der Waals surface area contributed by atoms with Crippen LogP contribution in [0.25, 0.3) is 0 Å². The van der Waals surface area contributed by atoms with Gasteiger partial charge in [0.2, 0.25) is 3.79 Å². The predicted octanol–water partition coefficient (Wildman–Crippen LogP) is 5.71. The van der Waals surface area contributed by atoms with E-state index in [1.807, 2.05) is 19.1 Å². The normalized spacial score (nSPS) is 12.2. The molecule has 1 amide bonds. The van der Waals surface area contributed by atoms with Crippen molar-refractivity contribution in [1.82, 2.24) is 10.6 Å². The molecule has 2 aromatic rings. The number of aryl methyl sites for hydroxylation is 1. The molecule has 0 bridgehead atoms. The Morgan fingerprint density at radius 1 is 1.04 bits per heavy atom. The van der Waals surface area contributed by atoms with Gasteiger partial charge >= 0.3 is 0 Å². The highest BCUT2D eigenvalue weighted by Crippen LogP contribution is 2.30. The van der Waals surface area contributed by atoms with Crippen LogP contribution in [-0.2, 0) is 0 Å². The van der Waals surface area contributed by atoms with Crippen LogP contribution in [0.1, 0.15) is 15.9 Å². The highest BCUT2D eigenvalue weighted by molar-refractivity contribution is 7.80. The van der Waals surface area contributed by atoms with E-state index in [0.717, 1.165) is 5.56 Å². The number of rotatable bonds is 4. The van der Waals surface area contributed by atoms with Crippen LogP contribution < -0.4 is 16.0 Å². The molecule has 4 nitrogen and oxygen atoms in total. The van der Waals surface area contributed by atoms with Crippen LogP contribution in [0.4, 0.5) is 5.69 Å². The molecule has 0 spiro atoms. The van der Waals surface area contributed by atoms with Crippen LogP contribution in [0.5, 0.6) is 0 Å². The van der Waals surface area contributed by atoms with Crippen LogP contribution in [0, 0.1) is 6.92 Å².